The van der Waals surface area contributed by atoms with Gasteiger partial charge in [0.1, 0.15) is 5.01 Å². The standard InChI is InChI=1S/C13H10Cl2N2O3S/c14-8-2-1-3-9(13(8)15)17-10(18)5-11-16-7(6-21-11)4-12(19)20/h1-3,6H,4-5H2,(H,17,18)(H,19,20)/p-1. The van der Waals surface area contributed by atoms with E-state index in [4.69, 9.17) is 23.2 Å². The Labute approximate surface area is 134 Å². The molecule has 0 fully saturated rings. The SMILES string of the molecule is O=C([O-])Cc1csc(CC(=O)Nc2cccc(Cl)c2Cl)n1. The Hall–Kier alpha value is -1.63. The Kier molecular flexibility index (Phi) is 5.17. The molecule has 1 aromatic carbocycles. The molecule has 0 atom stereocenters. The smallest absolute Gasteiger partial charge is 0.231 e. The number of carboxylic acids is 1. The minimum atomic E-state index is -1.21. The van der Waals surface area contributed by atoms with Crippen molar-refractivity contribution < 1.29 is 14.7 Å². The second-order valence-corrected chi connectivity index (χ2v) is 5.84. The summed E-state index contributed by atoms with van der Waals surface area (Å²) in [6.45, 7) is 0. The quantitative estimate of drug-likeness (QED) is 0.898. The monoisotopic (exact) mass is 343 g/mol. The molecule has 0 unspecified atom stereocenters. The molecule has 8 heteroatoms. The summed E-state index contributed by atoms with van der Waals surface area (Å²) >= 11 is 13.0. The van der Waals surface area contributed by atoms with Crippen LogP contribution in [0, 0.1) is 0 Å². The number of carboxylic acid groups (broad SMARTS) is 1. The number of anilines is 1. The van der Waals surface area contributed by atoms with E-state index in [0.717, 1.165) is 0 Å². The van der Waals surface area contributed by atoms with Crippen LogP contribution in [0.4, 0.5) is 5.69 Å². The minimum absolute atomic E-state index is 0.0283. The maximum absolute atomic E-state index is 11.9. The zero-order valence-electron chi connectivity index (χ0n) is 10.6. The van der Waals surface area contributed by atoms with Crippen LogP contribution in [-0.4, -0.2) is 16.9 Å². The fraction of sp³-hybridized carbons (Fsp3) is 0.154. The van der Waals surface area contributed by atoms with Crippen molar-refractivity contribution in [3.63, 3.8) is 0 Å². The van der Waals surface area contributed by atoms with Gasteiger partial charge in [-0.05, 0) is 12.1 Å². The molecule has 21 heavy (non-hydrogen) atoms. The molecule has 2 aromatic rings. The average molecular weight is 344 g/mol. The van der Waals surface area contributed by atoms with Crippen molar-refractivity contribution >= 4 is 52.1 Å². The summed E-state index contributed by atoms with van der Waals surface area (Å²) in [5.74, 6) is -1.52. The molecular formula is C13H9Cl2N2O3S-. The molecule has 2 rings (SSSR count). The van der Waals surface area contributed by atoms with Crippen molar-refractivity contribution in [3.8, 4) is 0 Å². The van der Waals surface area contributed by atoms with Crippen molar-refractivity contribution in [2.24, 2.45) is 0 Å². The molecule has 1 amide bonds. The maximum atomic E-state index is 11.9. The van der Waals surface area contributed by atoms with Crippen molar-refractivity contribution in [2.75, 3.05) is 5.32 Å². The van der Waals surface area contributed by atoms with Crippen LogP contribution in [0.1, 0.15) is 10.7 Å². The second-order valence-electron chi connectivity index (χ2n) is 4.11. The number of nitrogens with zero attached hydrogens (tertiary/aromatic N) is 1. The van der Waals surface area contributed by atoms with Gasteiger partial charge >= 0.3 is 0 Å². The van der Waals surface area contributed by atoms with E-state index in [1.54, 1.807) is 23.6 Å². The van der Waals surface area contributed by atoms with Crippen LogP contribution in [0.15, 0.2) is 23.6 Å². The highest BCUT2D eigenvalue weighted by atomic mass is 35.5. The number of aromatic nitrogens is 1. The van der Waals surface area contributed by atoms with Crippen molar-refractivity contribution in [2.45, 2.75) is 12.8 Å². The van der Waals surface area contributed by atoms with Crippen LogP contribution >= 0.6 is 34.5 Å². The number of hydrogen-bond donors (Lipinski definition) is 1. The third-order valence-corrected chi connectivity index (χ3v) is 4.18. The molecule has 0 aliphatic carbocycles. The van der Waals surface area contributed by atoms with E-state index in [-0.39, 0.29) is 23.8 Å². The second kappa shape index (κ2) is 6.89. The van der Waals surface area contributed by atoms with Gasteiger partial charge in [-0.25, -0.2) is 4.98 Å². The summed E-state index contributed by atoms with van der Waals surface area (Å²) in [5, 5.41) is 15.8. The predicted octanol–water partition coefficient (Wildman–Crippen LogP) is 1.92. The van der Waals surface area contributed by atoms with Crippen LogP contribution < -0.4 is 10.4 Å². The van der Waals surface area contributed by atoms with E-state index < -0.39 is 5.97 Å². The summed E-state index contributed by atoms with van der Waals surface area (Å²) in [4.78, 5) is 26.4. The number of aliphatic carboxylic acids is 1. The van der Waals surface area contributed by atoms with Gasteiger partial charge in [0.25, 0.3) is 0 Å². The van der Waals surface area contributed by atoms with E-state index in [1.165, 1.54) is 11.3 Å². The van der Waals surface area contributed by atoms with Gasteiger partial charge in [0.05, 0.1) is 27.8 Å². The van der Waals surface area contributed by atoms with E-state index in [2.05, 4.69) is 10.3 Å². The lowest BCUT2D eigenvalue weighted by Crippen LogP contribution is -2.24. The Morgan fingerprint density at radius 2 is 2.05 bits per heavy atom. The maximum Gasteiger partial charge on any atom is 0.231 e. The topological polar surface area (TPSA) is 82.1 Å². The molecule has 1 aromatic heterocycles. The van der Waals surface area contributed by atoms with E-state index >= 15 is 0 Å². The van der Waals surface area contributed by atoms with E-state index in [1.807, 2.05) is 0 Å². The fourth-order valence-electron chi connectivity index (χ4n) is 1.59. The third kappa shape index (κ3) is 4.42. The zero-order chi connectivity index (χ0) is 15.4. The number of nitrogens with one attached hydrogen (secondary N) is 1. The van der Waals surface area contributed by atoms with Gasteiger partial charge in [-0.1, -0.05) is 29.3 Å². The normalized spacial score (nSPS) is 10.4. The van der Waals surface area contributed by atoms with Gasteiger partial charge in [0.2, 0.25) is 5.91 Å². The van der Waals surface area contributed by atoms with Crippen molar-refractivity contribution in [3.05, 3.63) is 44.3 Å². The van der Waals surface area contributed by atoms with Crippen LogP contribution in [0.5, 0.6) is 0 Å². The number of hydrogen-bond acceptors (Lipinski definition) is 5. The molecular weight excluding hydrogens is 335 g/mol. The van der Waals surface area contributed by atoms with Gasteiger partial charge in [0, 0.05) is 17.8 Å². The summed E-state index contributed by atoms with van der Waals surface area (Å²) < 4.78 is 0. The summed E-state index contributed by atoms with van der Waals surface area (Å²) in [7, 11) is 0. The van der Waals surface area contributed by atoms with Gasteiger partial charge in [-0.15, -0.1) is 11.3 Å². The minimum Gasteiger partial charge on any atom is -0.550 e. The molecule has 0 spiro atoms. The molecule has 0 radical (unpaired) electrons. The number of rotatable bonds is 5. The molecule has 0 saturated carbocycles. The molecule has 0 aliphatic rings. The van der Waals surface area contributed by atoms with Crippen LogP contribution in [0.3, 0.4) is 0 Å². The number of carbonyl (C=O) groups is 2. The van der Waals surface area contributed by atoms with Gasteiger partial charge in [-0.2, -0.15) is 0 Å². The molecule has 110 valence electrons. The molecule has 0 saturated heterocycles. The van der Waals surface area contributed by atoms with Crippen molar-refractivity contribution in [1.29, 1.82) is 0 Å². The van der Waals surface area contributed by atoms with Gasteiger partial charge < -0.3 is 15.2 Å². The van der Waals surface area contributed by atoms with Crippen LogP contribution in [-0.2, 0) is 22.4 Å². The highest BCUT2D eigenvalue weighted by molar-refractivity contribution is 7.09. The number of halogens is 2. The van der Waals surface area contributed by atoms with Crippen LogP contribution in [0.2, 0.25) is 10.0 Å². The fourth-order valence-corrected chi connectivity index (χ4v) is 2.73. The number of benzene rings is 1. The molecule has 1 N–H and O–H groups in total. The summed E-state index contributed by atoms with van der Waals surface area (Å²) in [6, 6.07) is 4.92. The van der Waals surface area contributed by atoms with Gasteiger partial charge in [-0.3, -0.25) is 4.79 Å². The Morgan fingerprint density at radius 1 is 1.29 bits per heavy atom. The number of carbonyl (C=O) groups excluding carboxylic acids is 2. The Balaban J connectivity index is 2.00. The zero-order valence-corrected chi connectivity index (χ0v) is 12.9. The summed E-state index contributed by atoms with van der Waals surface area (Å²) in [5.41, 5.74) is 0.796. The Morgan fingerprint density at radius 3 is 2.76 bits per heavy atom. The van der Waals surface area contributed by atoms with Gasteiger partial charge in [0.15, 0.2) is 0 Å². The lowest BCUT2D eigenvalue weighted by atomic mass is 10.3. The highest BCUT2D eigenvalue weighted by Gasteiger charge is 2.11. The first-order chi connectivity index (χ1) is 9.95. The molecule has 1 heterocycles. The third-order valence-electron chi connectivity index (χ3n) is 2.46. The summed E-state index contributed by atoms with van der Waals surface area (Å²) in [6.07, 6.45) is -0.237. The van der Waals surface area contributed by atoms with E-state index in [0.29, 0.717) is 21.4 Å². The lowest BCUT2D eigenvalue weighted by molar-refractivity contribution is -0.304. The van der Waals surface area contributed by atoms with Crippen molar-refractivity contribution in [1.82, 2.24) is 4.98 Å². The largest absolute Gasteiger partial charge is 0.550 e. The first-order valence-electron chi connectivity index (χ1n) is 5.82. The molecule has 0 bridgehead atoms. The van der Waals surface area contributed by atoms with E-state index in [9.17, 15) is 14.7 Å². The molecule has 0 aliphatic heterocycles. The highest BCUT2D eigenvalue weighted by Crippen LogP contribution is 2.29. The molecule has 5 nitrogen and oxygen atoms in total. The Bertz CT molecular complexity index is 688. The first-order valence-corrected chi connectivity index (χ1v) is 7.46. The number of thiazole rings is 1. The number of amides is 1. The predicted molar refractivity (Wildman–Crippen MR) is 79.6 cm³/mol. The average Bonchev–Trinajstić information content (AvgIpc) is 2.81. The lowest BCUT2D eigenvalue weighted by Gasteiger charge is -2.07. The van der Waals surface area contributed by atoms with Crippen LogP contribution in [0.25, 0.3) is 0 Å². The first kappa shape index (κ1) is 15.8.